The van der Waals surface area contributed by atoms with E-state index in [9.17, 15) is 14.4 Å². The molecule has 0 saturated heterocycles. The lowest BCUT2D eigenvalue weighted by atomic mass is 10.0. The first-order valence-corrected chi connectivity index (χ1v) is 24.6. The van der Waals surface area contributed by atoms with Crippen LogP contribution in [-0.2, 0) is 28.6 Å². The first-order chi connectivity index (χ1) is 28.5. The predicted molar refractivity (Wildman–Crippen MR) is 247 cm³/mol. The number of unbranched alkanes of at least 4 members (excludes halogenated alkanes) is 25. The Morgan fingerprint density at radius 2 is 0.690 bits per heavy atom. The second-order valence-corrected chi connectivity index (χ2v) is 16.3. The third-order valence-corrected chi connectivity index (χ3v) is 10.6. The summed E-state index contributed by atoms with van der Waals surface area (Å²) in [6, 6.07) is 0. The van der Waals surface area contributed by atoms with E-state index >= 15 is 0 Å². The highest BCUT2D eigenvalue weighted by Gasteiger charge is 2.19. The Balaban J connectivity index is 4.33. The van der Waals surface area contributed by atoms with Crippen molar-refractivity contribution in [1.82, 2.24) is 0 Å². The fourth-order valence-electron chi connectivity index (χ4n) is 6.85. The van der Waals surface area contributed by atoms with Gasteiger partial charge in [0.15, 0.2) is 6.10 Å². The third kappa shape index (κ3) is 44.5. The van der Waals surface area contributed by atoms with Gasteiger partial charge in [0.05, 0.1) is 0 Å². The summed E-state index contributed by atoms with van der Waals surface area (Å²) in [7, 11) is 0. The van der Waals surface area contributed by atoms with Crippen molar-refractivity contribution in [1.29, 1.82) is 0 Å². The van der Waals surface area contributed by atoms with Crippen LogP contribution in [0.1, 0.15) is 245 Å². The molecule has 0 aliphatic rings. The standard InChI is InChI=1S/C52H92O6/c1-4-7-10-13-16-19-22-24-25-26-27-28-29-31-33-36-39-42-45-51(54)57-48-49(47-56-50(53)44-41-38-35-32-21-18-15-12-9-6-3)58-52(55)46-43-40-37-34-30-23-20-17-14-11-8-5-2/h8,11,15,17-18,20,30,34,49H,4-7,9-10,12-14,16,19,21-29,31-33,35-48H2,1-3H3/b11-8-,18-15-,20-17-,34-30-. The Morgan fingerprint density at radius 1 is 0.362 bits per heavy atom. The maximum atomic E-state index is 12.7. The molecule has 6 heteroatoms. The minimum absolute atomic E-state index is 0.0901. The van der Waals surface area contributed by atoms with Crippen molar-refractivity contribution < 1.29 is 28.6 Å². The molecule has 1 unspecified atom stereocenters. The fourth-order valence-corrected chi connectivity index (χ4v) is 6.85. The molecular formula is C52H92O6. The van der Waals surface area contributed by atoms with Crippen LogP contribution in [0.15, 0.2) is 48.6 Å². The molecule has 0 radical (unpaired) electrons. The molecule has 0 heterocycles. The lowest BCUT2D eigenvalue weighted by Crippen LogP contribution is -2.30. The second kappa shape index (κ2) is 47.1. The quantitative estimate of drug-likeness (QED) is 0.0264. The summed E-state index contributed by atoms with van der Waals surface area (Å²) in [4.78, 5) is 37.8. The average Bonchev–Trinajstić information content (AvgIpc) is 3.22. The van der Waals surface area contributed by atoms with E-state index in [1.165, 1.54) is 109 Å². The molecule has 6 nitrogen and oxygen atoms in total. The van der Waals surface area contributed by atoms with Gasteiger partial charge in [-0.3, -0.25) is 14.4 Å². The van der Waals surface area contributed by atoms with Crippen molar-refractivity contribution >= 4 is 17.9 Å². The van der Waals surface area contributed by atoms with Crippen LogP contribution in [0.3, 0.4) is 0 Å². The highest BCUT2D eigenvalue weighted by Crippen LogP contribution is 2.15. The summed E-state index contributed by atoms with van der Waals surface area (Å²) in [5, 5.41) is 0. The fraction of sp³-hybridized carbons (Fsp3) is 0.788. The predicted octanol–water partition coefficient (Wildman–Crippen LogP) is 15.9. The van der Waals surface area contributed by atoms with E-state index in [1.54, 1.807) is 0 Å². The SMILES string of the molecule is CC/C=C\C/C=C\C/C=C\CCCCC(=O)OC(COC(=O)CCCCCC/C=C\CCCC)COC(=O)CCCCCCCCCCCCCCCCCCCC. The molecule has 336 valence electrons. The Morgan fingerprint density at radius 3 is 1.16 bits per heavy atom. The van der Waals surface area contributed by atoms with E-state index < -0.39 is 6.10 Å². The monoisotopic (exact) mass is 813 g/mol. The van der Waals surface area contributed by atoms with E-state index in [1.807, 2.05) is 0 Å². The molecule has 0 bridgehead atoms. The van der Waals surface area contributed by atoms with Crippen LogP contribution < -0.4 is 0 Å². The summed E-state index contributed by atoms with van der Waals surface area (Å²) in [6.45, 7) is 6.44. The Bertz CT molecular complexity index is 1030. The summed E-state index contributed by atoms with van der Waals surface area (Å²) >= 11 is 0. The van der Waals surface area contributed by atoms with Crippen LogP contribution in [0.5, 0.6) is 0 Å². The second-order valence-electron chi connectivity index (χ2n) is 16.3. The Hall–Kier alpha value is -2.63. The van der Waals surface area contributed by atoms with Gasteiger partial charge >= 0.3 is 17.9 Å². The van der Waals surface area contributed by atoms with E-state index in [4.69, 9.17) is 14.2 Å². The largest absolute Gasteiger partial charge is 0.462 e. The van der Waals surface area contributed by atoms with Gasteiger partial charge in [-0.25, -0.2) is 0 Å². The van der Waals surface area contributed by atoms with Gasteiger partial charge in [0, 0.05) is 19.3 Å². The van der Waals surface area contributed by atoms with E-state index in [-0.39, 0.29) is 37.5 Å². The number of carbonyl (C=O) groups is 3. The smallest absolute Gasteiger partial charge is 0.306 e. The highest BCUT2D eigenvalue weighted by molar-refractivity contribution is 5.71. The number of carbonyl (C=O) groups excluding carboxylic acids is 3. The zero-order chi connectivity index (χ0) is 42.3. The first kappa shape index (κ1) is 55.4. The molecule has 0 rings (SSSR count). The van der Waals surface area contributed by atoms with Crippen molar-refractivity contribution in [3.05, 3.63) is 48.6 Å². The molecular weight excluding hydrogens is 721 g/mol. The molecule has 0 spiro atoms. The molecule has 0 amide bonds. The molecule has 0 aliphatic heterocycles. The molecule has 58 heavy (non-hydrogen) atoms. The normalized spacial score (nSPS) is 12.4. The van der Waals surface area contributed by atoms with Crippen LogP contribution in [-0.4, -0.2) is 37.2 Å². The number of hydrogen-bond donors (Lipinski definition) is 0. The van der Waals surface area contributed by atoms with Crippen LogP contribution in [0.4, 0.5) is 0 Å². The topological polar surface area (TPSA) is 78.9 Å². The van der Waals surface area contributed by atoms with Gasteiger partial charge in [0.1, 0.15) is 13.2 Å². The van der Waals surface area contributed by atoms with Crippen molar-refractivity contribution in [3.8, 4) is 0 Å². The van der Waals surface area contributed by atoms with E-state index in [0.29, 0.717) is 19.3 Å². The average molecular weight is 813 g/mol. The summed E-state index contributed by atoms with van der Waals surface area (Å²) in [6.07, 6.45) is 55.4. The van der Waals surface area contributed by atoms with Gasteiger partial charge in [-0.2, -0.15) is 0 Å². The maximum absolute atomic E-state index is 12.7. The highest BCUT2D eigenvalue weighted by atomic mass is 16.6. The summed E-state index contributed by atoms with van der Waals surface area (Å²) in [5.74, 6) is -0.941. The molecule has 0 N–H and O–H groups in total. The minimum atomic E-state index is -0.793. The molecule has 1 atom stereocenters. The first-order valence-electron chi connectivity index (χ1n) is 24.6. The van der Waals surface area contributed by atoms with E-state index in [2.05, 4.69) is 69.4 Å². The van der Waals surface area contributed by atoms with Gasteiger partial charge in [0.2, 0.25) is 0 Å². The molecule has 0 aromatic carbocycles. The third-order valence-electron chi connectivity index (χ3n) is 10.6. The van der Waals surface area contributed by atoms with Crippen molar-refractivity contribution in [2.45, 2.75) is 252 Å². The van der Waals surface area contributed by atoms with Crippen LogP contribution in [0.25, 0.3) is 0 Å². The molecule has 0 aliphatic carbocycles. The van der Waals surface area contributed by atoms with Gasteiger partial charge < -0.3 is 14.2 Å². The molecule has 0 saturated carbocycles. The van der Waals surface area contributed by atoms with E-state index in [0.717, 1.165) is 89.9 Å². The summed E-state index contributed by atoms with van der Waals surface area (Å²) in [5.41, 5.74) is 0. The van der Waals surface area contributed by atoms with Crippen LogP contribution >= 0.6 is 0 Å². The number of esters is 3. The van der Waals surface area contributed by atoms with Gasteiger partial charge in [-0.05, 0) is 70.6 Å². The molecule has 0 aromatic rings. The van der Waals surface area contributed by atoms with Crippen molar-refractivity contribution in [3.63, 3.8) is 0 Å². The zero-order valence-corrected chi connectivity index (χ0v) is 38.3. The minimum Gasteiger partial charge on any atom is -0.462 e. The molecule has 0 aromatic heterocycles. The number of allylic oxidation sites excluding steroid dienone is 8. The lowest BCUT2D eigenvalue weighted by molar-refractivity contribution is -0.167. The van der Waals surface area contributed by atoms with Gasteiger partial charge in [0.25, 0.3) is 0 Å². The van der Waals surface area contributed by atoms with Gasteiger partial charge in [-0.15, -0.1) is 0 Å². The maximum Gasteiger partial charge on any atom is 0.306 e. The Labute approximate surface area is 358 Å². The number of ether oxygens (including phenoxy) is 3. The lowest BCUT2D eigenvalue weighted by Gasteiger charge is -2.18. The number of rotatable bonds is 44. The van der Waals surface area contributed by atoms with Crippen molar-refractivity contribution in [2.24, 2.45) is 0 Å². The zero-order valence-electron chi connectivity index (χ0n) is 38.3. The Kier molecular flexibility index (Phi) is 44.9. The van der Waals surface area contributed by atoms with Crippen LogP contribution in [0.2, 0.25) is 0 Å². The van der Waals surface area contributed by atoms with Crippen molar-refractivity contribution in [2.75, 3.05) is 13.2 Å². The number of hydrogen-bond acceptors (Lipinski definition) is 6. The van der Waals surface area contributed by atoms with Crippen LogP contribution in [0, 0.1) is 0 Å². The van der Waals surface area contributed by atoms with Gasteiger partial charge in [-0.1, -0.05) is 204 Å². The molecule has 0 fully saturated rings. The summed E-state index contributed by atoms with van der Waals surface area (Å²) < 4.78 is 16.7.